The van der Waals surface area contributed by atoms with E-state index in [0.717, 1.165) is 21.9 Å². The average molecular weight is 309 g/mol. The molecule has 0 bridgehead atoms. The summed E-state index contributed by atoms with van der Waals surface area (Å²) < 4.78 is 18.3. The molecule has 0 aromatic carbocycles. The van der Waals surface area contributed by atoms with E-state index in [1.165, 1.54) is 11.8 Å². The number of thioether (sulfide) groups is 1. The Kier molecular flexibility index (Phi) is 4.17. The van der Waals surface area contributed by atoms with Crippen LogP contribution in [-0.4, -0.2) is 47.9 Å². The van der Waals surface area contributed by atoms with Gasteiger partial charge >= 0.3 is 0 Å². The van der Waals surface area contributed by atoms with Crippen LogP contribution in [0.1, 0.15) is 24.8 Å². The van der Waals surface area contributed by atoms with Gasteiger partial charge in [-0.15, -0.1) is 0 Å². The van der Waals surface area contributed by atoms with E-state index in [1.54, 1.807) is 14.2 Å². The van der Waals surface area contributed by atoms with Gasteiger partial charge in [0, 0.05) is 25.8 Å². The molecule has 0 radical (unpaired) electrons. The van der Waals surface area contributed by atoms with Crippen molar-refractivity contribution in [3.8, 4) is 0 Å². The first-order valence-corrected chi connectivity index (χ1v) is 8.01. The summed E-state index contributed by atoms with van der Waals surface area (Å²) >= 11 is 1.53. The molecule has 1 saturated heterocycles. The molecule has 2 unspecified atom stereocenters. The molecule has 21 heavy (non-hydrogen) atoms. The van der Waals surface area contributed by atoms with Gasteiger partial charge in [-0.25, -0.2) is 9.97 Å². The lowest BCUT2D eigenvalue weighted by Crippen LogP contribution is -2.14. The maximum absolute atomic E-state index is 5.57. The van der Waals surface area contributed by atoms with Crippen molar-refractivity contribution in [2.75, 3.05) is 27.1 Å². The summed E-state index contributed by atoms with van der Waals surface area (Å²) in [5.41, 5.74) is 1.98. The van der Waals surface area contributed by atoms with Crippen LogP contribution in [0.3, 0.4) is 0 Å². The van der Waals surface area contributed by atoms with Crippen LogP contribution in [-0.2, 0) is 14.2 Å². The van der Waals surface area contributed by atoms with Crippen molar-refractivity contribution < 1.29 is 14.2 Å². The highest BCUT2D eigenvalue weighted by molar-refractivity contribution is 7.98. The third-order valence-electron chi connectivity index (χ3n) is 3.59. The highest BCUT2D eigenvalue weighted by Gasteiger charge is 2.43. The summed E-state index contributed by atoms with van der Waals surface area (Å²) in [5, 5.41) is 1.77. The van der Waals surface area contributed by atoms with Gasteiger partial charge in [0.2, 0.25) is 0 Å². The van der Waals surface area contributed by atoms with Crippen molar-refractivity contribution in [1.29, 1.82) is 0 Å². The Morgan fingerprint density at radius 2 is 2.29 bits per heavy atom. The Labute approximate surface area is 127 Å². The lowest BCUT2D eigenvalue weighted by atomic mass is 10.2. The molecule has 0 amide bonds. The number of rotatable bonds is 6. The van der Waals surface area contributed by atoms with Crippen LogP contribution in [0.25, 0.3) is 11.0 Å². The van der Waals surface area contributed by atoms with Crippen molar-refractivity contribution in [3.63, 3.8) is 0 Å². The molecule has 6 nitrogen and oxygen atoms in total. The van der Waals surface area contributed by atoms with Crippen molar-refractivity contribution >= 4 is 22.8 Å². The van der Waals surface area contributed by atoms with Gasteiger partial charge in [0.05, 0.1) is 18.3 Å². The van der Waals surface area contributed by atoms with Gasteiger partial charge in [-0.1, -0.05) is 11.8 Å². The van der Waals surface area contributed by atoms with E-state index in [1.807, 2.05) is 12.5 Å². The number of epoxide rings is 1. The molecule has 1 fully saturated rings. The zero-order valence-corrected chi connectivity index (χ0v) is 13.4. The van der Waals surface area contributed by atoms with Crippen LogP contribution in [0, 0.1) is 0 Å². The molecule has 0 aliphatic carbocycles. The van der Waals surface area contributed by atoms with Crippen molar-refractivity contribution in [2.24, 2.45) is 0 Å². The molecule has 2 aromatic heterocycles. The van der Waals surface area contributed by atoms with Crippen molar-refractivity contribution in [2.45, 2.75) is 30.5 Å². The molecule has 3 rings (SSSR count). The number of hydrogen-bond acceptors (Lipinski definition) is 6. The first-order valence-electron chi connectivity index (χ1n) is 6.78. The van der Waals surface area contributed by atoms with Gasteiger partial charge in [-0.05, 0) is 19.2 Å². The van der Waals surface area contributed by atoms with Crippen LogP contribution < -0.4 is 0 Å². The summed E-state index contributed by atoms with van der Waals surface area (Å²) in [7, 11) is 3.36. The first-order chi connectivity index (χ1) is 10.2. The molecule has 114 valence electrons. The van der Waals surface area contributed by atoms with E-state index in [0.29, 0.717) is 6.61 Å². The summed E-state index contributed by atoms with van der Waals surface area (Å²) in [6.07, 6.45) is 3.62. The standard InChI is InChI=1S/C14H19N3O3S/c1-8(7-18-2)17-10(11-13(19-3)20-11)5-9-6-15-14(21-4)16-12(9)17/h5-6,8,11,13H,7H2,1-4H3/t8-,11?,13?/m0/s1. The minimum atomic E-state index is -0.171. The van der Waals surface area contributed by atoms with E-state index in [4.69, 9.17) is 14.2 Å². The predicted molar refractivity (Wildman–Crippen MR) is 80.5 cm³/mol. The van der Waals surface area contributed by atoms with Gasteiger partial charge < -0.3 is 18.8 Å². The second kappa shape index (κ2) is 5.92. The monoisotopic (exact) mass is 309 g/mol. The number of nitrogens with zero attached hydrogens (tertiary/aromatic N) is 3. The fourth-order valence-corrected chi connectivity index (χ4v) is 2.93. The molecular formula is C14H19N3O3S. The van der Waals surface area contributed by atoms with Crippen molar-refractivity contribution in [3.05, 3.63) is 18.0 Å². The van der Waals surface area contributed by atoms with Gasteiger partial charge in [0.25, 0.3) is 0 Å². The Hall–Kier alpha value is -1.15. The second-order valence-corrected chi connectivity index (χ2v) is 5.81. The smallest absolute Gasteiger partial charge is 0.190 e. The van der Waals surface area contributed by atoms with Gasteiger partial charge in [0.15, 0.2) is 17.6 Å². The van der Waals surface area contributed by atoms with Crippen LogP contribution in [0.2, 0.25) is 0 Å². The highest BCUT2D eigenvalue weighted by atomic mass is 32.2. The summed E-state index contributed by atoms with van der Waals surface area (Å²) in [6, 6.07) is 2.24. The summed E-state index contributed by atoms with van der Waals surface area (Å²) in [4.78, 5) is 8.98. The van der Waals surface area contributed by atoms with Crippen LogP contribution >= 0.6 is 11.8 Å². The van der Waals surface area contributed by atoms with Gasteiger partial charge in [0.1, 0.15) is 5.65 Å². The third kappa shape index (κ3) is 2.66. The Bertz CT molecular complexity index is 646. The van der Waals surface area contributed by atoms with E-state index in [9.17, 15) is 0 Å². The SMILES string of the molecule is COC[C@H](C)n1c(C2OC2OC)cc2cnc(SC)nc21. The largest absolute Gasteiger partial charge is 0.383 e. The van der Waals surface area contributed by atoms with Crippen LogP contribution in [0.4, 0.5) is 0 Å². The highest BCUT2D eigenvalue weighted by Crippen LogP contribution is 2.42. The maximum atomic E-state index is 5.57. The van der Waals surface area contributed by atoms with E-state index in [2.05, 4.69) is 27.5 Å². The lowest BCUT2D eigenvalue weighted by molar-refractivity contribution is 0.0950. The lowest BCUT2D eigenvalue weighted by Gasteiger charge is -2.16. The van der Waals surface area contributed by atoms with Crippen molar-refractivity contribution in [1.82, 2.24) is 14.5 Å². The Balaban J connectivity index is 2.10. The fourth-order valence-electron chi connectivity index (χ4n) is 2.60. The number of ether oxygens (including phenoxy) is 3. The number of fused-ring (bicyclic) bond motifs is 1. The Morgan fingerprint density at radius 1 is 1.48 bits per heavy atom. The molecule has 1 aliphatic rings. The number of aromatic nitrogens is 3. The molecular weight excluding hydrogens is 290 g/mol. The topological polar surface area (TPSA) is 61.7 Å². The molecule has 0 N–H and O–H groups in total. The molecule has 3 heterocycles. The van der Waals surface area contributed by atoms with E-state index < -0.39 is 0 Å². The van der Waals surface area contributed by atoms with Crippen LogP contribution in [0.15, 0.2) is 17.4 Å². The summed E-state index contributed by atoms with van der Waals surface area (Å²) in [6.45, 7) is 2.72. The fraction of sp³-hybridized carbons (Fsp3) is 0.571. The zero-order valence-electron chi connectivity index (χ0n) is 12.6. The summed E-state index contributed by atoms with van der Waals surface area (Å²) in [5.74, 6) is 0. The minimum absolute atomic E-state index is 0.0405. The second-order valence-electron chi connectivity index (χ2n) is 5.04. The molecule has 2 aromatic rings. The van der Waals surface area contributed by atoms with Gasteiger partial charge in [-0.2, -0.15) is 0 Å². The van der Waals surface area contributed by atoms with Crippen LogP contribution in [0.5, 0.6) is 0 Å². The van der Waals surface area contributed by atoms with E-state index >= 15 is 0 Å². The molecule has 0 saturated carbocycles. The van der Waals surface area contributed by atoms with E-state index in [-0.39, 0.29) is 18.4 Å². The average Bonchev–Trinajstić information content (AvgIpc) is 3.19. The molecule has 0 spiro atoms. The number of hydrogen-bond donors (Lipinski definition) is 0. The van der Waals surface area contributed by atoms with Gasteiger partial charge in [-0.3, -0.25) is 0 Å². The third-order valence-corrected chi connectivity index (χ3v) is 4.15. The quantitative estimate of drug-likeness (QED) is 0.464. The number of methoxy groups -OCH3 is 2. The zero-order chi connectivity index (χ0) is 15.0. The first kappa shape index (κ1) is 14.8. The maximum Gasteiger partial charge on any atom is 0.190 e. The molecule has 7 heteroatoms. The molecule has 1 aliphatic heterocycles. The predicted octanol–water partition coefficient (Wildman–Crippen LogP) is 2.40. The molecule has 3 atom stereocenters. The minimum Gasteiger partial charge on any atom is -0.383 e. The Morgan fingerprint density at radius 3 is 2.90 bits per heavy atom. The normalized spacial score (nSPS) is 22.7.